The fraction of sp³-hybridized carbons (Fsp3) is 0.473. The van der Waals surface area contributed by atoms with Crippen molar-refractivity contribution in [3.8, 4) is 11.1 Å². The number of alkyl carbamates (subject to hydrolysis) is 1. The minimum atomic E-state index is -1.13. The number of likely N-dealkylation sites (N-methyl/N-ethyl adjacent to an activating group) is 1. The van der Waals surface area contributed by atoms with Gasteiger partial charge < -0.3 is 49.5 Å². The molecule has 4 amide bonds. The van der Waals surface area contributed by atoms with Crippen molar-refractivity contribution in [3.05, 3.63) is 102 Å². The number of imidazole rings is 2. The molecule has 0 spiro atoms. The highest BCUT2D eigenvalue weighted by molar-refractivity contribution is 5.87. The van der Waals surface area contributed by atoms with Crippen molar-refractivity contribution in [2.24, 2.45) is 11.8 Å². The lowest BCUT2D eigenvalue weighted by Gasteiger charge is -2.33. The number of H-pyrrole nitrogens is 2. The molecule has 7 heterocycles. The van der Waals surface area contributed by atoms with E-state index in [-0.39, 0.29) is 47.8 Å². The maximum Gasteiger partial charge on any atom is 0.407 e. The molecule has 10 rings (SSSR count). The molecule has 4 N–H and O–H groups in total. The lowest BCUT2D eigenvalue weighted by molar-refractivity contribution is -0.138. The zero-order valence-electron chi connectivity index (χ0n) is 42.6. The number of pyridine rings is 1. The summed E-state index contributed by atoms with van der Waals surface area (Å²) >= 11 is 0. The number of carboxylic acid groups (broad SMARTS) is 1. The van der Waals surface area contributed by atoms with Crippen LogP contribution in [0.2, 0.25) is 0 Å². The summed E-state index contributed by atoms with van der Waals surface area (Å²) in [5.74, 6) is 1.70. The second-order valence-electron chi connectivity index (χ2n) is 20.7. The smallest absolute Gasteiger partial charge is 0.407 e. The van der Waals surface area contributed by atoms with E-state index in [2.05, 4.69) is 97.9 Å². The summed E-state index contributed by atoms with van der Waals surface area (Å²) < 4.78 is 10.4. The van der Waals surface area contributed by atoms with Crippen molar-refractivity contribution in [3.63, 3.8) is 0 Å². The molecule has 4 saturated heterocycles. The molecule has 4 aliphatic rings. The molecular weight excluding hydrogens is 927 g/mol. The van der Waals surface area contributed by atoms with E-state index >= 15 is 0 Å². The molecule has 18 nitrogen and oxygen atoms in total. The number of rotatable bonds is 13. The molecule has 0 saturated carbocycles. The van der Waals surface area contributed by atoms with Gasteiger partial charge in [-0.15, -0.1) is 0 Å². The number of aromatic amines is 2. The summed E-state index contributed by atoms with van der Waals surface area (Å²) in [6.07, 6.45) is 5.06. The van der Waals surface area contributed by atoms with Gasteiger partial charge in [-0.1, -0.05) is 52.0 Å². The quantitative estimate of drug-likeness (QED) is 0.0857. The molecule has 0 aliphatic carbocycles. The Bertz CT molecular complexity index is 2970. The third-order valence-corrected chi connectivity index (χ3v) is 15.5. The third-order valence-electron chi connectivity index (χ3n) is 15.5. The Morgan fingerprint density at radius 1 is 0.712 bits per heavy atom. The monoisotopic (exact) mass is 994 g/mol. The number of likely N-dealkylation sites (tertiary alicyclic amines) is 2. The lowest BCUT2D eigenvalue weighted by Crippen LogP contribution is -2.51. The number of methoxy groups -OCH3 is 1. The van der Waals surface area contributed by atoms with E-state index < -0.39 is 24.3 Å². The number of hydrogen-bond donors (Lipinski definition) is 4. The van der Waals surface area contributed by atoms with E-state index in [0.717, 1.165) is 118 Å². The molecule has 3 aromatic carbocycles. The van der Waals surface area contributed by atoms with E-state index in [1.165, 1.54) is 14.2 Å². The van der Waals surface area contributed by atoms with Gasteiger partial charge in [-0.05, 0) is 116 Å². The van der Waals surface area contributed by atoms with E-state index in [9.17, 15) is 24.3 Å². The van der Waals surface area contributed by atoms with Crippen molar-refractivity contribution in [2.75, 3.05) is 63.4 Å². The van der Waals surface area contributed by atoms with Crippen LogP contribution in [0.15, 0.2) is 79.0 Å². The van der Waals surface area contributed by atoms with Crippen molar-refractivity contribution < 1.29 is 33.8 Å². The first-order valence-corrected chi connectivity index (χ1v) is 25.9. The van der Waals surface area contributed by atoms with Gasteiger partial charge in [0, 0.05) is 50.7 Å². The summed E-state index contributed by atoms with van der Waals surface area (Å²) in [6.45, 7) is 11.7. The number of carbonyl (C=O) groups excluding carboxylic acids is 3. The number of carbonyl (C=O) groups is 4. The number of anilines is 2. The summed E-state index contributed by atoms with van der Waals surface area (Å²) in [5.41, 5.74) is 8.88. The van der Waals surface area contributed by atoms with Crippen LogP contribution in [0.25, 0.3) is 33.2 Å². The van der Waals surface area contributed by atoms with Crippen LogP contribution in [-0.2, 0) is 19.1 Å². The minimum absolute atomic E-state index is 0.00275. The summed E-state index contributed by atoms with van der Waals surface area (Å²) in [6, 6.07) is 23.8. The van der Waals surface area contributed by atoms with Gasteiger partial charge in [0.25, 0.3) is 0 Å². The molecule has 3 aromatic heterocycles. The largest absolute Gasteiger partial charge is 0.465 e. The normalized spacial score (nSPS) is 21.2. The number of benzene rings is 3. The van der Waals surface area contributed by atoms with Gasteiger partial charge in [-0.3, -0.25) is 14.5 Å². The maximum atomic E-state index is 14.0. The SMILES string of the molecule is COC(=O)N[C@H](C(=O)N1CCC[C@H]1c1nc2ccc([C@H]3CC[C@H](c4ccc5nc([C@@H]6CCCN6C(=O)[C@H](C(C)C)N(C)C(=O)O)[nH]c5c4)N3c3ccc(-c4ccc(N5CCOCC5)nc4)cc3)cc2[nH]1)C(C)C. The van der Waals surface area contributed by atoms with Gasteiger partial charge in [0.1, 0.15) is 29.6 Å². The standard InChI is InChI=1S/C55H67N11O7/c1-32(2)48(61-54(69)72-6)52(67)64-23-7-9-45(64)50-57-39-18-13-35(29-41(39)59-50)43-20-21-44(66(43)38-16-11-34(12-17-38)37-15-22-47(56-31-37)63-25-27-73-28-26-63)36-14-19-40-42(30-36)60-51(58-40)46-10-8-24-65(46)53(68)49(33(3)4)62(5)55(70)71/h11-19,22,29-33,43-46,48-49H,7-10,20-21,23-28H2,1-6H3,(H,57,59)(H,58,60)(H,61,69)(H,70,71)/t43-,44-,45+,46+,48+,49+/m1/s1. The predicted octanol–water partition coefficient (Wildman–Crippen LogP) is 8.76. The molecule has 6 aromatic rings. The van der Waals surface area contributed by atoms with Crippen LogP contribution in [0.3, 0.4) is 0 Å². The molecule has 6 atom stereocenters. The molecule has 73 heavy (non-hydrogen) atoms. The second-order valence-corrected chi connectivity index (χ2v) is 20.7. The molecular formula is C55H67N11O7. The van der Waals surface area contributed by atoms with Crippen LogP contribution in [0.1, 0.15) is 113 Å². The molecule has 18 heteroatoms. The fourth-order valence-electron chi connectivity index (χ4n) is 11.7. The summed E-state index contributed by atoms with van der Waals surface area (Å²) in [4.78, 5) is 83.9. The van der Waals surface area contributed by atoms with Gasteiger partial charge in [-0.2, -0.15) is 0 Å². The second kappa shape index (κ2) is 20.7. The number of hydrogen-bond acceptors (Lipinski definition) is 11. The molecule has 4 fully saturated rings. The number of ether oxygens (including phenoxy) is 2. The lowest BCUT2D eigenvalue weighted by atomic mass is 10.0. The van der Waals surface area contributed by atoms with Crippen LogP contribution >= 0.6 is 0 Å². The average molecular weight is 994 g/mol. The van der Waals surface area contributed by atoms with Crippen molar-refractivity contribution in [2.45, 2.75) is 102 Å². The van der Waals surface area contributed by atoms with E-state index in [4.69, 9.17) is 24.4 Å². The molecule has 0 unspecified atom stereocenters. The van der Waals surface area contributed by atoms with Crippen molar-refractivity contribution in [1.82, 2.24) is 44.9 Å². The van der Waals surface area contributed by atoms with Crippen molar-refractivity contribution in [1.29, 1.82) is 0 Å². The highest BCUT2D eigenvalue weighted by Gasteiger charge is 2.41. The van der Waals surface area contributed by atoms with Crippen LogP contribution in [0, 0.1) is 11.8 Å². The Kier molecular flexibility index (Phi) is 14.0. The number of fused-ring (bicyclic) bond motifs is 2. The van der Waals surface area contributed by atoms with Gasteiger partial charge in [0.15, 0.2) is 0 Å². The Labute approximate surface area is 425 Å². The highest BCUT2D eigenvalue weighted by atomic mass is 16.5. The maximum absolute atomic E-state index is 14.0. The van der Waals surface area contributed by atoms with Gasteiger partial charge in [-0.25, -0.2) is 24.5 Å². The summed E-state index contributed by atoms with van der Waals surface area (Å²) in [5, 5.41) is 12.6. The Hall–Kier alpha value is -7.21. The van der Waals surface area contributed by atoms with Crippen molar-refractivity contribution >= 4 is 57.6 Å². The van der Waals surface area contributed by atoms with Gasteiger partial charge >= 0.3 is 12.2 Å². The zero-order chi connectivity index (χ0) is 51.1. The Balaban J connectivity index is 0.955. The first kappa shape index (κ1) is 49.4. The van der Waals surface area contributed by atoms with E-state index in [0.29, 0.717) is 32.1 Å². The summed E-state index contributed by atoms with van der Waals surface area (Å²) in [7, 11) is 2.76. The number of amides is 4. The van der Waals surface area contributed by atoms with E-state index in [1.807, 2.05) is 38.8 Å². The van der Waals surface area contributed by atoms with E-state index in [1.54, 1.807) is 4.90 Å². The molecule has 0 bridgehead atoms. The molecule has 384 valence electrons. The Morgan fingerprint density at radius 3 is 1.78 bits per heavy atom. The first-order valence-electron chi connectivity index (χ1n) is 25.9. The first-order chi connectivity index (χ1) is 35.3. The average Bonchev–Trinajstić information content (AvgIpc) is 4.27. The van der Waals surface area contributed by atoms with Crippen LogP contribution in [-0.4, -0.2) is 134 Å². The minimum Gasteiger partial charge on any atom is -0.465 e. The number of nitrogens with one attached hydrogen (secondary N) is 3. The molecule has 4 aliphatic heterocycles. The zero-order valence-corrected chi connectivity index (χ0v) is 42.6. The predicted molar refractivity (Wildman–Crippen MR) is 278 cm³/mol. The highest BCUT2D eigenvalue weighted by Crippen LogP contribution is 2.48. The number of morpholine rings is 1. The van der Waals surface area contributed by atoms with Crippen LogP contribution < -0.4 is 15.1 Å². The van der Waals surface area contributed by atoms with Crippen LogP contribution in [0.5, 0.6) is 0 Å². The van der Waals surface area contributed by atoms with Crippen LogP contribution in [0.4, 0.5) is 21.1 Å². The Morgan fingerprint density at radius 2 is 1.27 bits per heavy atom. The van der Waals surface area contributed by atoms with Gasteiger partial charge in [0.05, 0.1) is 66.6 Å². The topological polar surface area (TPSA) is 205 Å². The number of nitrogens with zero attached hydrogens (tertiary/aromatic N) is 8. The third kappa shape index (κ3) is 9.76. The number of aromatic nitrogens is 5. The fourth-order valence-corrected chi connectivity index (χ4v) is 11.7. The molecule has 0 radical (unpaired) electrons. The van der Waals surface area contributed by atoms with Gasteiger partial charge in [0.2, 0.25) is 11.8 Å².